The van der Waals surface area contributed by atoms with Crippen molar-refractivity contribution in [3.05, 3.63) is 0 Å². The molecule has 4 heteroatoms. The van der Waals surface area contributed by atoms with Gasteiger partial charge in [0, 0.05) is 19.6 Å². The average Bonchev–Trinajstić information content (AvgIpc) is 2.88. The van der Waals surface area contributed by atoms with Crippen molar-refractivity contribution >= 4 is 0 Å². The molecule has 1 radical (unpaired) electrons. The fourth-order valence-electron chi connectivity index (χ4n) is 5.40. The molecule has 0 aromatic carbocycles. The zero-order chi connectivity index (χ0) is 29.2. The normalized spacial score (nSPS) is 15.4. The summed E-state index contributed by atoms with van der Waals surface area (Å²) in [6, 6.07) is 0. The molecular weight excluding hydrogens is 484 g/mol. The van der Waals surface area contributed by atoms with Crippen molar-refractivity contribution in [3.8, 4) is 0 Å². The van der Waals surface area contributed by atoms with Crippen LogP contribution in [0.5, 0.6) is 0 Å². The zero-order valence-electron chi connectivity index (χ0n) is 27.8. The summed E-state index contributed by atoms with van der Waals surface area (Å²) < 4.78 is 17.8. The Morgan fingerprint density at radius 1 is 0.615 bits per heavy atom. The molecule has 0 amide bonds. The van der Waals surface area contributed by atoms with Crippen molar-refractivity contribution in [1.82, 2.24) is 0 Å². The van der Waals surface area contributed by atoms with Gasteiger partial charge in [-0.05, 0) is 49.4 Å². The van der Waals surface area contributed by atoms with E-state index in [0.717, 1.165) is 45.3 Å². The Morgan fingerprint density at radius 2 is 1.10 bits per heavy atom. The van der Waals surface area contributed by atoms with Gasteiger partial charge in [0.15, 0.2) is 0 Å². The van der Waals surface area contributed by atoms with E-state index in [1.807, 2.05) is 0 Å². The van der Waals surface area contributed by atoms with Crippen molar-refractivity contribution in [2.75, 3.05) is 26.4 Å². The van der Waals surface area contributed by atoms with Gasteiger partial charge < -0.3 is 14.2 Å². The van der Waals surface area contributed by atoms with E-state index in [0.29, 0.717) is 31.5 Å². The van der Waals surface area contributed by atoms with Crippen LogP contribution in [0.25, 0.3) is 0 Å². The standard InChI is InChI=1S/C35H71O4/c1-8-11-13-14-17-20-23-27-37-28-24-21-18-15-16-19-22-26-35(36,38-30-32(4)29-34(5,6)7)39-31-33(10-3)25-12-9-2/h32-33H,8-31H2,1-7H3. The van der Waals surface area contributed by atoms with E-state index in [4.69, 9.17) is 14.2 Å². The molecule has 0 saturated carbocycles. The van der Waals surface area contributed by atoms with Crippen LogP contribution < -0.4 is 0 Å². The molecule has 0 aliphatic carbocycles. The first kappa shape index (κ1) is 38.8. The number of unbranched alkanes of at least 4 members (excludes halogenated alkanes) is 13. The molecule has 0 aromatic rings. The Labute approximate surface area is 245 Å². The molecule has 0 aromatic heterocycles. The first-order valence-electron chi connectivity index (χ1n) is 17.2. The molecule has 39 heavy (non-hydrogen) atoms. The summed E-state index contributed by atoms with van der Waals surface area (Å²) in [5, 5.41) is 13.6. The summed E-state index contributed by atoms with van der Waals surface area (Å²) >= 11 is 0. The van der Waals surface area contributed by atoms with Crippen LogP contribution in [0, 0.1) is 17.3 Å². The van der Waals surface area contributed by atoms with Gasteiger partial charge in [-0.2, -0.15) is 5.11 Å². The van der Waals surface area contributed by atoms with Gasteiger partial charge in [-0.15, -0.1) is 0 Å². The molecule has 4 nitrogen and oxygen atoms in total. The average molecular weight is 556 g/mol. The summed E-state index contributed by atoms with van der Waals surface area (Å²) in [5.74, 6) is -0.893. The van der Waals surface area contributed by atoms with E-state index in [2.05, 4.69) is 48.5 Å². The van der Waals surface area contributed by atoms with Crippen LogP contribution in [-0.2, 0) is 19.3 Å². The van der Waals surface area contributed by atoms with Crippen LogP contribution in [-0.4, -0.2) is 32.4 Å². The Hall–Kier alpha value is -0.160. The van der Waals surface area contributed by atoms with Gasteiger partial charge >= 0.3 is 5.97 Å². The number of hydrogen-bond acceptors (Lipinski definition) is 3. The molecule has 0 spiro atoms. The number of hydrogen-bond donors (Lipinski definition) is 0. The summed E-state index contributed by atoms with van der Waals surface area (Å²) in [5.41, 5.74) is 0.238. The first-order chi connectivity index (χ1) is 18.7. The highest BCUT2D eigenvalue weighted by Crippen LogP contribution is 2.28. The van der Waals surface area contributed by atoms with E-state index >= 15 is 0 Å². The predicted molar refractivity (Wildman–Crippen MR) is 168 cm³/mol. The maximum atomic E-state index is 13.6. The fourth-order valence-corrected chi connectivity index (χ4v) is 5.40. The minimum Gasteiger partial charge on any atom is -0.381 e. The van der Waals surface area contributed by atoms with Crippen LogP contribution in [0.3, 0.4) is 0 Å². The van der Waals surface area contributed by atoms with Crippen molar-refractivity contribution in [2.45, 2.75) is 183 Å². The van der Waals surface area contributed by atoms with E-state index in [9.17, 15) is 5.11 Å². The van der Waals surface area contributed by atoms with Gasteiger partial charge in [-0.1, -0.05) is 138 Å². The van der Waals surface area contributed by atoms with Crippen molar-refractivity contribution in [3.63, 3.8) is 0 Å². The van der Waals surface area contributed by atoms with Crippen LogP contribution in [0.2, 0.25) is 0 Å². The van der Waals surface area contributed by atoms with Crippen LogP contribution in [0.4, 0.5) is 0 Å². The summed E-state index contributed by atoms with van der Waals surface area (Å²) in [7, 11) is 0. The minimum absolute atomic E-state index is 0.238. The lowest BCUT2D eigenvalue weighted by Crippen LogP contribution is -2.37. The molecular formula is C35H71O4. The van der Waals surface area contributed by atoms with Crippen molar-refractivity contribution in [1.29, 1.82) is 0 Å². The maximum Gasteiger partial charge on any atom is 0.312 e. The largest absolute Gasteiger partial charge is 0.381 e. The molecule has 235 valence electrons. The molecule has 0 aliphatic rings. The molecule has 3 atom stereocenters. The van der Waals surface area contributed by atoms with E-state index < -0.39 is 5.97 Å². The molecule has 3 unspecified atom stereocenters. The van der Waals surface area contributed by atoms with E-state index in [1.54, 1.807) is 0 Å². The van der Waals surface area contributed by atoms with E-state index in [-0.39, 0.29) is 5.41 Å². The first-order valence-corrected chi connectivity index (χ1v) is 17.2. The van der Waals surface area contributed by atoms with Gasteiger partial charge in [-0.25, -0.2) is 0 Å². The fraction of sp³-hybridized carbons (Fsp3) is 1.00. The molecule has 0 rings (SSSR count). The SMILES string of the molecule is CCCCCCCCCOCCCCCCCCCC([O])(OCC(C)CC(C)(C)C)OCC(CC)CCCC. The van der Waals surface area contributed by atoms with Crippen LogP contribution >= 0.6 is 0 Å². The predicted octanol–water partition coefficient (Wildman–Crippen LogP) is 11.3. The lowest BCUT2D eigenvalue weighted by molar-refractivity contribution is -0.396. The molecule has 0 fully saturated rings. The summed E-state index contributed by atoms with van der Waals surface area (Å²) in [6.07, 6.45) is 23.5. The lowest BCUT2D eigenvalue weighted by atomic mass is 9.86. The summed E-state index contributed by atoms with van der Waals surface area (Å²) in [6.45, 7) is 18.5. The van der Waals surface area contributed by atoms with Gasteiger partial charge in [-0.3, -0.25) is 0 Å². The van der Waals surface area contributed by atoms with Gasteiger partial charge in [0.05, 0.1) is 13.2 Å². The highest BCUT2D eigenvalue weighted by molar-refractivity contribution is 4.68. The second kappa shape index (κ2) is 25.5. The highest BCUT2D eigenvalue weighted by atomic mass is 16.8. The summed E-state index contributed by atoms with van der Waals surface area (Å²) in [4.78, 5) is 0. The molecule has 0 N–H and O–H groups in total. The Kier molecular flexibility index (Phi) is 25.4. The van der Waals surface area contributed by atoms with E-state index in [1.165, 1.54) is 89.9 Å². The van der Waals surface area contributed by atoms with Crippen LogP contribution in [0.15, 0.2) is 0 Å². The Bertz CT molecular complexity index is 503. The number of rotatable bonds is 29. The molecule has 0 bridgehead atoms. The Balaban J connectivity index is 4.10. The second-order valence-corrected chi connectivity index (χ2v) is 13.6. The Morgan fingerprint density at radius 3 is 1.62 bits per heavy atom. The second-order valence-electron chi connectivity index (χ2n) is 13.6. The van der Waals surface area contributed by atoms with Crippen molar-refractivity contribution < 1.29 is 19.3 Å². The number of ether oxygens (including phenoxy) is 3. The maximum absolute atomic E-state index is 13.6. The van der Waals surface area contributed by atoms with Gasteiger partial charge in [0.2, 0.25) is 0 Å². The smallest absolute Gasteiger partial charge is 0.312 e. The minimum atomic E-state index is -1.70. The topological polar surface area (TPSA) is 47.6 Å². The van der Waals surface area contributed by atoms with Crippen LogP contribution in [0.1, 0.15) is 177 Å². The van der Waals surface area contributed by atoms with Gasteiger partial charge in [0.25, 0.3) is 0 Å². The van der Waals surface area contributed by atoms with Crippen molar-refractivity contribution in [2.24, 2.45) is 17.3 Å². The third-order valence-corrected chi connectivity index (χ3v) is 7.79. The zero-order valence-corrected chi connectivity index (χ0v) is 27.8. The lowest BCUT2D eigenvalue weighted by Gasteiger charge is -2.30. The quantitative estimate of drug-likeness (QED) is 0.0681. The molecule has 0 aliphatic heterocycles. The third-order valence-electron chi connectivity index (χ3n) is 7.79. The molecule has 0 saturated heterocycles. The molecule has 0 heterocycles. The monoisotopic (exact) mass is 556 g/mol. The highest BCUT2D eigenvalue weighted by Gasteiger charge is 2.33. The third kappa shape index (κ3) is 26.5. The van der Waals surface area contributed by atoms with Gasteiger partial charge in [0.1, 0.15) is 0 Å².